The summed E-state index contributed by atoms with van der Waals surface area (Å²) in [7, 11) is 1.96. The first-order chi connectivity index (χ1) is 6.22. The highest BCUT2D eigenvalue weighted by atomic mass is 32.2. The number of nitrogens with zero attached hydrogens (tertiary/aromatic N) is 3. The quantitative estimate of drug-likeness (QED) is 0.649. The standard InChI is InChI=1S/C9H11N3S/c1-6-7-5-10-9(13-3)4-8(7)12(2)11-6/h4-5H,1-3H3. The van der Waals surface area contributed by atoms with Crippen molar-refractivity contribution in [1.29, 1.82) is 0 Å². The van der Waals surface area contributed by atoms with Crippen LogP contribution in [0.3, 0.4) is 0 Å². The summed E-state index contributed by atoms with van der Waals surface area (Å²) in [5.74, 6) is 0. The number of hydrogen-bond acceptors (Lipinski definition) is 3. The van der Waals surface area contributed by atoms with Gasteiger partial charge in [-0.3, -0.25) is 4.68 Å². The number of rotatable bonds is 1. The van der Waals surface area contributed by atoms with Gasteiger partial charge < -0.3 is 0 Å². The van der Waals surface area contributed by atoms with E-state index in [4.69, 9.17) is 0 Å². The van der Waals surface area contributed by atoms with Crippen LogP contribution >= 0.6 is 11.8 Å². The van der Waals surface area contributed by atoms with E-state index in [1.54, 1.807) is 11.8 Å². The SMILES string of the molecule is CSc1cc2c(cn1)c(C)nn2C. The number of fused-ring (bicyclic) bond motifs is 1. The van der Waals surface area contributed by atoms with Crippen LogP contribution in [0.5, 0.6) is 0 Å². The first-order valence-electron chi connectivity index (χ1n) is 4.05. The predicted molar refractivity (Wildman–Crippen MR) is 55.0 cm³/mol. The van der Waals surface area contributed by atoms with Crippen molar-refractivity contribution in [2.75, 3.05) is 6.26 Å². The van der Waals surface area contributed by atoms with E-state index < -0.39 is 0 Å². The Labute approximate surface area is 81.2 Å². The lowest BCUT2D eigenvalue weighted by Gasteiger charge is -1.96. The molecule has 0 N–H and O–H groups in total. The Hall–Kier alpha value is -1.03. The van der Waals surface area contributed by atoms with Crippen LogP contribution in [0, 0.1) is 6.92 Å². The summed E-state index contributed by atoms with van der Waals surface area (Å²) in [6, 6.07) is 2.07. The molecule has 0 aliphatic rings. The fraction of sp³-hybridized carbons (Fsp3) is 0.333. The van der Waals surface area contributed by atoms with Gasteiger partial charge in [-0.1, -0.05) is 0 Å². The molecular weight excluding hydrogens is 182 g/mol. The fourth-order valence-corrected chi connectivity index (χ4v) is 1.80. The summed E-state index contributed by atoms with van der Waals surface area (Å²) in [5, 5.41) is 6.51. The van der Waals surface area contributed by atoms with E-state index in [9.17, 15) is 0 Å². The van der Waals surface area contributed by atoms with E-state index in [1.807, 2.05) is 31.1 Å². The summed E-state index contributed by atoms with van der Waals surface area (Å²) in [6.07, 6.45) is 3.92. The highest BCUT2D eigenvalue weighted by Gasteiger charge is 2.05. The second kappa shape index (κ2) is 3.03. The number of aryl methyl sites for hydroxylation is 2. The van der Waals surface area contributed by atoms with Crippen LogP contribution in [-0.2, 0) is 7.05 Å². The third-order valence-electron chi connectivity index (χ3n) is 2.10. The molecule has 2 heterocycles. The predicted octanol–water partition coefficient (Wildman–Crippen LogP) is 2.00. The molecule has 0 unspecified atom stereocenters. The molecule has 0 fully saturated rings. The summed E-state index contributed by atoms with van der Waals surface area (Å²) in [6.45, 7) is 2.00. The number of hydrogen-bond donors (Lipinski definition) is 0. The molecule has 13 heavy (non-hydrogen) atoms. The van der Waals surface area contributed by atoms with Crippen molar-refractivity contribution in [2.45, 2.75) is 11.9 Å². The fourth-order valence-electron chi connectivity index (χ4n) is 1.42. The maximum absolute atomic E-state index is 4.33. The molecule has 0 aliphatic carbocycles. The Bertz CT molecular complexity index is 447. The maximum atomic E-state index is 4.33. The molecule has 0 spiro atoms. The average Bonchev–Trinajstić information content (AvgIpc) is 2.42. The number of pyridine rings is 1. The van der Waals surface area contributed by atoms with Gasteiger partial charge >= 0.3 is 0 Å². The van der Waals surface area contributed by atoms with Gasteiger partial charge in [0.2, 0.25) is 0 Å². The first kappa shape index (κ1) is 8.56. The summed E-state index contributed by atoms with van der Waals surface area (Å²) >= 11 is 1.65. The molecule has 0 aliphatic heterocycles. The van der Waals surface area contributed by atoms with Gasteiger partial charge in [-0.25, -0.2) is 4.98 Å². The van der Waals surface area contributed by atoms with Crippen LogP contribution in [-0.4, -0.2) is 21.0 Å². The van der Waals surface area contributed by atoms with Crippen molar-refractivity contribution < 1.29 is 0 Å². The van der Waals surface area contributed by atoms with Gasteiger partial charge in [-0.15, -0.1) is 11.8 Å². The molecule has 2 aromatic rings. The molecule has 0 amide bonds. The zero-order valence-corrected chi connectivity index (χ0v) is 8.72. The summed E-state index contributed by atoms with van der Waals surface area (Å²) < 4.78 is 1.89. The lowest BCUT2D eigenvalue weighted by molar-refractivity contribution is 0.782. The van der Waals surface area contributed by atoms with Crippen LogP contribution in [0.15, 0.2) is 17.3 Å². The Morgan fingerprint density at radius 1 is 1.46 bits per heavy atom. The average molecular weight is 193 g/mol. The summed E-state index contributed by atoms with van der Waals surface area (Å²) in [4.78, 5) is 4.31. The van der Waals surface area contributed by atoms with Crippen LogP contribution < -0.4 is 0 Å². The third kappa shape index (κ3) is 1.31. The molecule has 68 valence electrons. The molecule has 3 nitrogen and oxygen atoms in total. The van der Waals surface area contributed by atoms with Gasteiger partial charge in [-0.2, -0.15) is 5.10 Å². The Balaban J connectivity index is 2.76. The molecule has 0 aromatic carbocycles. The molecule has 0 saturated heterocycles. The molecule has 0 radical (unpaired) electrons. The zero-order valence-electron chi connectivity index (χ0n) is 7.90. The Morgan fingerprint density at radius 2 is 2.23 bits per heavy atom. The summed E-state index contributed by atoms with van der Waals surface area (Å²) in [5.41, 5.74) is 2.19. The Morgan fingerprint density at radius 3 is 2.92 bits per heavy atom. The van der Waals surface area contributed by atoms with E-state index in [0.717, 1.165) is 21.6 Å². The molecule has 4 heteroatoms. The normalized spacial score (nSPS) is 11.0. The van der Waals surface area contributed by atoms with Crippen LogP contribution in [0.1, 0.15) is 5.69 Å². The van der Waals surface area contributed by atoms with Crippen LogP contribution in [0.2, 0.25) is 0 Å². The molecule has 2 rings (SSSR count). The van der Waals surface area contributed by atoms with E-state index >= 15 is 0 Å². The van der Waals surface area contributed by atoms with E-state index in [1.165, 1.54) is 0 Å². The van der Waals surface area contributed by atoms with Crippen molar-refractivity contribution >= 4 is 22.7 Å². The van der Waals surface area contributed by atoms with Crippen molar-refractivity contribution in [3.8, 4) is 0 Å². The van der Waals surface area contributed by atoms with E-state index in [0.29, 0.717) is 0 Å². The molecule has 0 bridgehead atoms. The minimum atomic E-state index is 1.04. The largest absolute Gasteiger partial charge is 0.268 e. The topological polar surface area (TPSA) is 30.7 Å². The van der Waals surface area contributed by atoms with Crippen molar-refractivity contribution in [3.63, 3.8) is 0 Å². The second-order valence-corrected chi connectivity index (χ2v) is 3.78. The van der Waals surface area contributed by atoms with Crippen molar-refractivity contribution in [3.05, 3.63) is 18.0 Å². The highest BCUT2D eigenvalue weighted by molar-refractivity contribution is 7.98. The Kier molecular flexibility index (Phi) is 2.00. The van der Waals surface area contributed by atoms with Gasteiger partial charge in [0.15, 0.2) is 0 Å². The van der Waals surface area contributed by atoms with Crippen molar-refractivity contribution in [1.82, 2.24) is 14.8 Å². The lowest BCUT2D eigenvalue weighted by atomic mass is 10.3. The van der Waals surface area contributed by atoms with Crippen LogP contribution in [0.25, 0.3) is 10.9 Å². The number of thioether (sulfide) groups is 1. The highest BCUT2D eigenvalue weighted by Crippen LogP contribution is 2.20. The number of aromatic nitrogens is 3. The van der Waals surface area contributed by atoms with Crippen LogP contribution in [0.4, 0.5) is 0 Å². The maximum Gasteiger partial charge on any atom is 0.0978 e. The monoisotopic (exact) mass is 193 g/mol. The van der Waals surface area contributed by atoms with Gasteiger partial charge in [0, 0.05) is 18.6 Å². The van der Waals surface area contributed by atoms with Gasteiger partial charge in [0.05, 0.1) is 16.2 Å². The smallest absolute Gasteiger partial charge is 0.0978 e. The van der Waals surface area contributed by atoms with E-state index in [2.05, 4.69) is 16.1 Å². The van der Waals surface area contributed by atoms with E-state index in [-0.39, 0.29) is 0 Å². The molecular formula is C9H11N3S. The minimum absolute atomic E-state index is 1.04. The second-order valence-electron chi connectivity index (χ2n) is 2.95. The van der Waals surface area contributed by atoms with Gasteiger partial charge in [0.1, 0.15) is 0 Å². The van der Waals surface area contributed by atoms with Gasteiger partial charge in [-0.05, 0) is 19.2 Å². The minimum Gasteiger partial charge on any atom is -0.268 e. The third-order valence-corrected chi connectivity index (χ3v) is 2.75. The zero-order chi connectivity index (χ0) is 9.42. The molecule has 0 atom stereocenters. The van der Waals surface area contributed by atoms with Crippen molar-refractivity contribution in [2.24, 2.45) is 7.05 Å². The first-order valence-corrected chi connectivity index (χ1v) is 5.28. The molecule has 2 aromatic heterocycles. The van der Waals surface area contributed by atoms with Gasteiger partial charge in [0.25, 0.3) is 0 Å². The molecule has 0 saturated carbocycles. The lowest BCUT2D eigenvalue weighted by Crippen LogP contribution is -1.89.